The third-order valence-electron chi connectivity index (χ3n) is 2.64. The van der Waals surface area contributed by atoms with Crippen molar-refractivity contribution in [1.29, 1.82) is 0 Å². The third kappa shape index (κ3) is 3.03. The van der Waals surface area contributed by atoms with Crippen molar-refractivity contribution in [3.8, 4) is 0 Å². The number of benzene rings is 1. The van der Waals surface area contributed by atoms with Gasteiger partial charge >= 0.3 is 5.97 Å². The van der Waals surface area contributed by atoms with Crippen molar-refractivity contribution in [3.63, 3.8) is 0 Å². The number of carboxylic acids is 1. The normalized spacial score (nSPS) is 13.1. The average Bonchev–Trinajstić information content (AvgIpc) is 2.84. The molecule has 0 amide bonds. The van der Waals surface area contributed by atoms with Crippen LogP contribution in [0.4, 0.5) is 0 Å². The maximum absolute atomic E-state index is 12.1. The molecule has 1 atom stereocenters. The van der Waals surface area contributed by atoms with Crippen LogP contribution in [-0.2, 0) is 21.9 Å². The van der Waals surface area contributed by atoms with E-state index in [1.807, 2.05) is 0 Å². The molecule has 0 fully saturated rings. The maximum atomic E-state index is 12.1. The number of aryl methyl sites for hydroxylation is 1. The van der Waals surface area contributed by atoms with E-state index in [9.17, 15) is 18.3 Å². The Hall–Kier alpha value is -2.19. The summed E-state index contributed by atoms with van der Waals surface area (Å²) in [5.74, 6) is -1.27. The van der Waals surface area contributed by atoms with Crippen LogP contribution >= 0.6 is 0 Å². The Bertz CT molecular complexity index is 709. The van der Waals surface area contributed by atoms with E-state index < -0.39 is 22.0 Å². The molecule has 1 heterocycles. The average molecular weight is 295 g/mol. The first-order valence-corrected chi connectivity index (χ1v) is 7.17. The standard InChI is InChI=1S/C12H13N3O4S/c1-15-8-10(7-13-15)20(18,19)14-11(12(16)17)9-5-3-2-4-6-9/h2-8,11,14H,1H3,(H,16,17)/t11-/m0/s1. The lowest BCUT2D eigenvalue weighted by molar-refractivity contribution is -0.139. The van der Waals surface area contributed by atoms with Gasteiger partial charge in [-0.2, -0.15) is 9.82 Å². The largest absolute Gasteiger partial charge is 0.480 e. The summed E-state index contributed by atoms with van der Waals surface area (Å²) >= 11 is 0. The van der Waals surface area contributed by atoms with Crippen LogP contribution in [-0.4, -0.2) is 29.3 Å². The van der Waals surface area contributed by atoms with Crippen LogP contribution in [0.1, 0.15) is 11.6 Å². The van der Waals surface area contributed by atoms with Crippen molar-refractivity contribution in [2.45, 2.75) is 10.9 Å². The number of aliphatic carboxylic acids is 1. The second-order valence-corrected chi connectivity index (χ2v) is 5.87. The Kier molecular flexibility index (Phi) is 3.86. The van der Waals surface area contributed by atoms with Crippen molar-refractivity contribution in [3.05, 3.63) is 48.3 Å². The number of sulfonamides is 1. The molecule has 0 bridgehead atoms. The number of hydrogen-bond donors (Lipinski definition) is 2. The fourth-order valence-electron chi connectivity index (χ4n) is 1.67. The molecule has 1 aromatic heterocycles. The summed E-state index contributed by atoms with van der Waals surface area (Å²) in [4.78, 5) is 11.2. The van der Waals surface area contributed by atoms with Gasteiger partial charge < -0.3 is 5.11 Å². The molecule has 2 N–H and O–H groups in total. The summed E-state index contributed by atoms with van der Waals surface area (Å²) < 4.78 is 27.7. The smallest absolute Gasteiger partial charge is 0.326 e. The topological polar surface area (TPSA) is 101 Å². The van der Waals surface area contributed by atoms with Crippen LogP contribution in [0, 0.1) is 0 Å². The van der Waals surface area contributed by atoms with E-state index >= 15 is 0 Å². The highest BCUT2D eigenvalue weighted by Crippen LogP contribution is 2.17. The predicted molar refractivity (Wildman–Crippen MR) is 70.3 cm³/mol. The minimum Gasteiger partial charge on any atom is -0.480 e. The lowest BCUT2D eigenvalue weighted by Crippen LogP contribution is -2.33. The Balaban J connectivity index is 2.32. The molecule has 0 aliphatic carbocycles. The second kappa shape index (κ2) is 5.43. The summed E-state index contributed by atoms with van der Waals surface area (Å²) in [5.41, 5.74) is 0.354. The van der Waals surface area contributed by atoms with Crippen LogP contribution in [0.15, 0.2) is 47.6 Å². The highest BCUT2D eigenvalue weighted by atomic mass is 32.2. The van der Waals surface area contributed by atoms with Crippen LogP contribution < -0.4 is 4.72 Å². The van der Waals surface area contributed by atoms with Gasteiger partial charge in [0.05, 0.1) is 6.20 Å². The molecule has 2 rings (SSSR count). The highest BCUT2D eigenvalue weighted by Gasteiger charge is 2.27. The van der Waals surface area contributed by atoms with E-state index in [4.69, 9.17) is 0 Å². The number of nitrogens with one attached hydrogen (secondary N) is 1. The zero-order valence-electron chi connectivity index (χ0n) is 10.6. The Labute approximate surface area is 115 Å². The number of carboxylic acid groups (broad SMARTS) is 1. The van der Waals surface area contributed by atoms with Crippen molar-refractivity contribution < 1.29 is 18.3 Å². The summed E-state index contributed by atoms with van der Waals surface area (Å²) in [7, 11) is -2.37. The van der Waals surface area contributed by atoms with Gasteiger partial charge in [-0.1, -0.05) is 30.3 Å². The van der Waals surface area contributed by atoms with Gasteiger partial charge in [-0.15, -0.1) is 0 Å². The van der Waals surface area contributed by atoms with Crippen LogP contribution in [0.2, 0.25) is 0 Å². The van der Waals surface area contributed by atoms with Gasteiger partial charge in [-0.05, 0) is 5.56 Å². The molecule has 0 spiro atoms. The lowest BCUT2D eigenvalue weighted by Gasteiger charge is -2.14. The van der Waals surface area contributed by atoms with Gasteiger partial charge in [0.2, 0.25) is 10.0 Å². The van der Waals surface area contributed by atoms with E-state index in [-0.39, 0.29) is 4.90 Å². The van der Waals surface area contributed by atoms with Gasteiger partial charge in [0.25, 0.3) is 0 Å². The minimum atomic E-state index is -3.95. The molecule has 0 aliphatic rings. The van der Waals surface area contributed by atoms with Crippen molar-refractivity contribution in [2.75, 3.05) is 0 Å². The van der Waals surface area contributed by atoms with Gasteiger partial charge in [-0.3, -0.25) is 9.48 Å². The summed E-state index contributed by atoms with van der Waals surface area (Å²) in [6.45, 7) is 0. The molecule has 2 aromatic rings. The fraction of sp³-hybridized carbons (Fsp3) is 0.167. The van der Waals surface area contributed by atoms with E-state index in [1.54, 1.807) is 37.4 Å². The quantitative estimate of drug-likeness (QED) is 0.837. The van der Waals surface area contributed by atoms with Gasteiger partial charge in [-0.25, -0.2) is 8.42 Å². The zero-order valence-corrected chi connectivity index (χ0v) is 11.4. The van der Waals surface area contributed by atoms with Crippen LogP contribution in [0.5, 0.6) is 0 Å². The summed E-state index contributed by atoms with van der Waals surface area (Å²) in [5, 5.41) is 13.0. The van der Waals surface area contributed by atoms with Gasteiger partial charge in [0.1, 0.15) is 10.9 Å². The summed E-state index contributed by atoms with van der Waals surface area (Å²) in [6, 6.07) is 6.75. The molecular formula is C12H13N3O4S. The first-order chi connectivity index (χ1) is 9.40. The first kappa shape index (κ1) is 14.2. The van der Waals surface area contributed by atoms with Crippen molar-refractivity contribution in [1.82, 2.24) is 14.5 Å². The minimum absolute atomic E-state index is 0.0813. The third-order valence-corrected chi connectivity index (χ3v) is 4.02. The zero-order chi connectivity index (χ0) is 14.8. The molecule has 0 unspecified atom stereocenters. The molecule has 20 heavy (non-hydrogen) atoms. The Morgan fingerprint density at radius 1 is 1.35 bits per heavy atom. The van der Waals surface area contributed by atoms with Crippen molar-refractivity contribution in [2.24, 2.45) is 7.05 Å². The van der Waals surface area contributed by atoms with E-state index in [2.05, 4.69) is 9.82 Å². The van der Waals surface area contributed by atoms with Gasteiger partial charge in [0.15, 0.2) is 0 Å². The molecule has 8 heteroatoms. The van der Waals surface area contributed by atoms with E-state index in [1.165, 1.54) is 10.9 Å². The fourth-order valence-corrected chi connectivity index (χ4v) is 2.83. The van der Waals surface area contributed by atoms with Crippen LogP contribution in [0.3, 0.4) is 0 Å². The Morgan fingerprint density at radius 3 is 2.50 bits per heavy atom. The molecule has 0 saturated heterocycles. The molecule has 106 valence electrons. The number of aromatic nitrogens is 2. The molecule has 0 saturated carbocycles. The van der Waals surface area contributed by atoms with E-state index in [0.717, 1.165) is 6.20 Å². The molecular weight excluding hydrogens is 282 g/mol. The highest BCUT2D eigenvalue weighted by molar-refractivity contribution is 7.89. The van der Waals surface area contributed by atoms with E-state index in [0.29, 0.717) is 5.56 Å². The first-order valence-electron chi connectivity index (χ1n) is 5.69. The maximum Gasteiger partial charge on any atom is 0.326 e. The molecule has 0 aliphatic heterocycles. The van der Waals surface area contributed by atoms with Crippen molar-refractivity contribution >= 4 is 16.0 Å². The summed E-state index contributed by atoms with van der Waals surface area (Å²) in [6.07, 6.45) is 2.46. The van der Waals surface area contributed by atoms with Crippen LogP contribution in [0.25, 0.3) is 0 Å². The molecule has 7 nitrogen and oxygen atoms in total. The molecule has 0 radical (unpaired) electrons. The monoisotopic (exact) mass is 295 g/mol. The number of carbonyl (C=O) groups is 1. The SMILES string of the molecule is Cn1cc(S(=O)(=O)N[C@H](C(=O)O)c2ccccc2)cn1. The molecule has 1 aromatic carbocycles. The number of nitrogens with zero attached hydrogens (tertiary/aromatic N) is 2. The Morgan fingerprint density at radius 2 is 2.00 bits per heavy atom. The predicted octanol–water partition coefficient (Wildman–Crippen LogP) is 0.524. The number of hydrogen-bond acceptors (Lipinski definition) is 4. The number of rotatable bonds is 5. The lowest BCUT2D eigenvalue weighted by atomic mass is 10.1. The second-order valence-electron chi connectivity index (χ2n) is 4.15. The van der Waals surface area contributed by atoms with Gasteiger partial charge in [0, 0.05) is 13.2 Å².